The van der Waals surface area contributed by atoms with Crippen LogP contribution in [0.25, 0.3) is 15.9 Å². The van der Waals surface area contributed by atoms with Gasteiger partial charge in [0.15, 0.2) is 5.13 Å². The number of amides is 1. The number of para-hydroxylation sites is 1. The number of hydrogen-bond donors (Lipinski definition) is 0. The van der Waals surface area contributed by atoms with Gasteiger partial charge >= 0.3 is 0 Å². The van der Waals surface area contributed by atoms with Crippen LogP contribution in [-0.2, 0) is 4.74 Å². The first-order chi connectivity index (χ1) is 17.1. The molecule has 2 aromatic heterocycles. The Balaban J connectivity index is 1.52. The number of fused-ring (bicyclic) bond motifs is 1. The summed E-state index contributed by atoms with van der Waals surface area (Å²) in [4.78, 5) is 22.8. The number of thiazole rings is 1. The molecule has 35 heavy (non-hydrogen) atoms. The van der Waals surface area contributed by atoms with Crippen molar-refractivity contribution in [2.75, 3.05) is 51.4 Å². The Hall–Kier alpha value is -2.98. The Morgan fingerprint density at radius 1 is 1.20 bits per heavy atom. The summed E-state index contributed by atoms with van der Waals surface area (Å²) >= 11 is 7.86. The molecule has 1 saturated heterocycles. The largest absolute Gasteiger partial charge is 0.494 e. The molecule has 0 saturated carbocycles. The van der Waals surface area contributed by atoms with E-state index in [2.05, 4.69) is 10.00 Å². The zero-order chi connectivity index (χ0) is 24.4. The predicted molar refractivity (Wildman–Crippen MR) is 138 cm³/mol. The summed E-state index contributed by atoms with van der Waals surface area (Å²) in [7, 11) is 1.60. The molecule has 0 unspecified atom stereocenters. The fraction of sp³-hybridized carbons (Fsp3) is 0.320. The van der Waals surface area contributed by atoms with Crippen LogP contribution in [0.2, 0.25) is 5.02 Å². The van der Waals surface area contributed by atoms with Gasteiger partial charge in [0.2, 0.25) is 0 Å². The number of morpholine rings is 1. The molecule has 182 valence electrons. The maximum absolute atomic E-state index is 13.9. The molecular weight excluding hydrogens is 486 g/mol. The van der Waals surface area contributed by atoms with Crippen molar-refractivity contribution in [3.05, 3.63) is 64.9 Å². The number of benzene rings is 2. The Kier molecular flexibility index (Phi) is 7.01. The molecule has 0 radical (unpaired) electrons. The van der Waals surface area contributed by atoms with Gasteiger partial charge in [-0.15, -0.1) is 0 Å². The van der Waals surface area contributed by atoms with E-state index in [1.807, 2.05) is 37.3 Å². The van der Waals surface area contributed by atoms with Crippen LogP contribution in [0, 0.1) is 6.92 Å². The van der Waals surface area contributed by atoms with E-state index in [1.54, 1.807) is 35.0 Å². The number of rotatable bonds is 7. The number of halogens is 1. The average Bonchev–Trinajstić information content (AvgIpc) is 3.50. The van der Waals surface area contributed by atoms with E-state index in [0.29, 0.717) is 53.3 Å². The third-order valence-electron chi connectivity index (χ3n) is 6.13. The molecule has 0 atom stereocenters. The van der Waals surface area contributed by atoms with E-state index < -0.39 is 0 Å². The first-order valence-corrected chi connectivity index (χ1v) is 12.6. The molecule has 1 aliphatic heterocycles. The maximum Gasteiger partial charge on any atom is 0.263 e. The van der Waals surface area contributed by atoms with Crippen LogP contribution in [0.5, 0.6) is 5.75 Å². The molecule has 1 fully saturated rings. The van der Waals surface area contributed by atoms with Gasteiger partial charge in [0.25, 0.3) is 5.91 Å². The molecular formula is C25H26ClN5O3S. The molecule has 0 bridgehead atoms. The molecule has 0 aliphatic carbocycles. The standard InChI is InChI=1S/C25H26ClN5O3S/c1-17-19(16-27-31(17)18-6-4-3-5-7-18)24(32)30(11-10-29-12-14-34-15-13-29)25-28-22-21(33-2)9-8-20(26)23(22)35-25/h3-9,16H,10-15H2,1-2H3. The first kappa shape index (κ1) is 23.7. The van der Waals surface area contributed by atoms with Crippen LogP contribution in [0.4, 0.5) is 5.13 Å². The second-order valence-electron chi connectivity index (χ2n) is 8.23. The number of nitrogens with zero attached hydrogens (tertiary/aromatic N) is 5. The van der Waals surface area contributed by atoms with Gasteiger partial charge in [0.1, 0.15) is 11.3 Å². The third kappa shape index (κ3) is 4.77. The smallest absolute Gasteiger partial charge is 0.263 e. The van der Waals surface area contributed by atoms with Crippen LogP contribution in [0.1, 0.15) is 16.1 Å². The van der Waals surface area contributed by atoms with Crippen molar-refractivity contribution in [3.8, 4) is 11.4 Å². The number of ether oxygens (including phenoxy) is 2. The summed E-state index contributed by atoms with van der Waals surface area (Å²) < 4.78 is 13.5. The van der Waals surface area contributed by atoms with Gasteiger partial charge in [-0.1, -0.05) is 41.1 Å². The van der Waals surface area contributed by atoms with Crippen LogP contribution in [-0.4, -0.2) is 72.1 Å². The SMILES string of the molecule is COc1ccc(Cl)c2sc(N(CCN3CCOCC3)C(=O)c3cnn(-c4ccccc4)c3C)nc12. The third-order valence-corrected chi connectivity index (χ3v) is 7.67. The lowest BCUT2D eigenvalue weighted by atomic mass is 10.2. The highest BCUT2D eigenvalue weighted by atomic mass is 35.5. The van der Waals surface area contributed by atoms with Crippen molar-refractivity contribution in [2.45, 2.75) is 6.92 Å². The number of aromatic nitrogens is 3. The van der Waals surface area contributed by atoms with Crippen molar-refractivity contribution in [1.82, 2.24) is 19.7 Å². The second-order valence-corrected chi connectivity index (χ2v) is 9.61. The lowest BCUT2D eigenvalue weighted by Crippen LogP contribution is -2.43. The zero-order valence-electron chi connectivity index (χ0n) is 19.6. The van der Waals surface area contributed by atoms with E-state index in [0.717, 1.165) is 29.2 Å². The van der Waals surface area contributed by atoms with Crippen LogP contribution in [0.3, 0.4) is 0 Å². The summed E-state index contributed by atoms with van der Waals surface area (Å²) in [5.41, 5.74) is 2.86. The highest BCUT2D eigenvalue weighted by molar-refractivity contribution is 7.23. The molecule has 8 nitrogen and oxygen atoms in total. The summed E-state index contributed by atoms with van der Waals surface area (Å²) in [5.74, 6) is 0.479. The molecule has 3 heterocycles. The molecule has 10 heteroatoms. The Morgan fingerprint density at radius 2 is 1.97 bits per heavy atom. The van der Waals surface area contributed by atoms with Gasteiger partial charge in [-0.3, -0.25) is 14.6 Å². The number of methoxy groups -OCH3 is 1. The molecule has 5 rings (SSSR count). The van der Waals surface area contributed by atoms with Crippen molar-refractivity contribution in [1.29, 1.82) is 0 Å². The van der Waals surface area contributed by atoms with Crippen molar-refractivity contribution in [2.24, 2.45) is 0 Å². The van der Waals surface area contributed by atoms with Gasteiger partial charge in [-0.05, 0) is 31.2 Å². The molecule has 1 amide bonds. The normalized spacial score (nSPS) is 14.4. The lowest BCUT2D eigenvalue weighted by Gasteiger charge is -2.29. The lowest BCUT2D eigenvalue weighted by molar-refractivity contribution is 0.0391. The van der Waals surface area contributed by atoms with Crippen molar-refractivity contribution < 1.29 is 14.3 Å². The maximum atomic E-state index is 13.9. The minimum absolute atomic E-state index is 0.146. The summed E-state index contributed by atoms with van der Waals surface area (Å²) in [6.45, 7) is 6.18. The van der Waals surface area contributed by atoms with Gasteiger partial charge in [-0.25, -0.2) is 9.67 Å². The Labute approximate surface area is 212 Å². The number of anilines is 1. The number of hydrogen-bond acceptors (Lipinski definition) is 7. The van der Waals surface area contributed by atoms with E-state index in [1.165, 1.54) is 11.3 Å². The number of carbonyl (C=O) groups excluding carboxylic acids is 1. The van der Waals surface area contributed by atoms with Gasteiger partial charge in [-0.2, -0.15) is 5.10 Å². The van der Waals surface area contributed by atoms with Crippen LogP contribution >= 0.6 is 22.9 Å². The first-order valence-electron chi connectivity index (χ1n) is 11.4. The topological polar surface area (TPSA) is 72.7 Å². The fourth-order valence-corrected chi connectivity index (χ4v) is 5.45. The fourth-order valence-electron chi connectivity index (χ4n) is 4.17. The molecule has 0 spiro atoms. The summed E-state index contributed by atoms with van der Waals surface area (Å²) in [5, 5.41) is 5.66. The minimum Gasteiger partial charge on any atom is -0.494 e. The zero-order valence-corrected chi connectivity index (χ0v) is 21.2. The monoisotopic (exact) mass is 511 g/mol. The van der Waals surface area contributed by atoms with E-state index in [9.17, 15) is 4.79 Å². The Morgan fingerprint density at radius 3 is 2.71 bits per heavy atom. The average molecular weight is 512 g/mol. The second kappa shape index (κ2) is 10.3. The quantitative estimate of drug-likeness (QED) is 0.365. The molecule has 0 N–H and O–H groups in total. The van der Waals surface area contributed by atoms with E-state index >= 15 is 0 Å². The van der Waals surface area contributed by atoms with Gasteiger partial charge < -0.3 is 9.47 Å². The minimum atomic E-state index is -0.146. The molecule has 1 aliphatic rings. The highest BCUT2D eigenvalue weighted by Gasteiger charge is 2.27. The van der Waals surface area contributed by atoms with Crippen molar-refractivity contribution in [3.63, 3.8) is 0 Å². The van der Waals surface area contributed by atoms with Crippen molar-refractivity contribution >= 4 is 44.2 Å². The predicted octanol–water partition coefficient (Wildman–Crippen LogP) is 4.43. The van der Waals surface area contributed by atoms with E-state index in [-0.39, 0.29) is 5.91 Å². The summed E-state index contributed by atoms with van der Waals surface area (Å²) in [6, 6.07) is 13.4. The molecule has 4 aromatic rings. The summed E-state index contributed by atoms with van der Waals surface area (Å²) in [6.07, 6.45) is 1.63. The van der Waals surface area contributed by atoms with Crippen LogP contribution in [0.15, 0.2) is 48.7 Å². The van der Waals surface area contributed by atoms with Crippen LogP contribution < -0.4 is 9.64 Å². The van der Waals surface area contributed by atoms with Gasteiger partial charge in [0, 0.05) is 26.2 Å². The molecule has 2 aromatic carbocycles. The highest BCUT2D eigenvalue weighted by Crippen LogP contribution is 2.39. The number of carbonyl (C=O) groups is 1. The van der Waals surface area contributed by atoms with Gasteiger partial charge in [0.05, 0.1) is 53.2 Å². The Bertz CT molecular complexity index is 1330. The van der Waals surface area contributed by atoms with E-state index in [4.69, 9.17) is 26.1 Å².